The van der Waals surface area contributed by atoms with Gasteiger partial charge in [0.25, 0.3) is 0 Å². The normalized spacial score (nSPS) is 24.4. The van der Waals surface area contributed by atoms with Gasteiger partial charge in [-0.15, -0.1) is 0 Å². The summed E-state index contributed by atoms with van der Waals surface area (Å²) >= 11 is 0. The van der Waals surface area contributed by atoms with Crippen molar-refractivity contribution in [3.63, 3.8) is 0 Å². The Morgan fingerprint density at radius 2 is 1.86 bits per heavy atom. The van der Waals surface area contributed by atoms with E-state index >= 15 is 0 Å². The van der Waals surface area contributed by atoms with Gasteiger partial charge in [0.2, 0.25) is 0 Å². The molecule has 1 aromatic rings. The first-order valence-corrected chi connectivity index (χ1v) is 9.93. The van der Waals surface area contributed by atoms with Gasteiger partial charge >= 0.3 is 0 Å². The van der Waals surface area contributed by atoms with E-state index in [4.69, 9.17) is 0 Å². The van der Waals surface area contributed by atoms with Crippen molar-refractivity contribution >= 4 is 9.84 Å². The molecule has 0 bridgehead atoms. The molecule has 0 spiro atoms. The van der Waals surface area contributed by atoms with E-state index in [0.717, 1.165) is 38.2 Å². The summed E-state index contributed by atoms with van der Waals surface area (Å²) in [6, 6.07) is 4.72. The molecule has 2 saturated heterocycles. The lowest BCUT2D eigenvalue weighted by Crippen LogP contribution is -2.50. The fraction of sp³-hybridized carbons (Fsp3) is 0.688. The number of likely N-dealkylation sites (tertiary alicyclic amines) is 1. The minimum atomic E-state index is -2.77. The molecule has 2 fully saturated rings. The highest BCUT2D eigenvalue weighted by atomic mass is 32.2. The minimum absolute atomic E-state index is 0.335. The van der Waals surface area contributed by atoms with Crippen LogP contribution in [0.25, 0.3) is 0 Å². The number of piperidine rings is 1. The molecule has 2 aliphatic heterocycles. The standard InChI is InChI=1S/C16H25N3O2S/c1-14-15(3-2-6-17-14)13-18-7-4-16(5-8-18)19-9-11-22(20,21)12-10-19/h2-3,6,16H,4-5,7-13H2,1H3. The van der Waals surface area contributed by atoms with Crippen molar-refractivity contribution in [1.29, 1.82) is 0 Å². The lowest BCUT2D eigenvalue weighted by molar-refractivity contribution is 0.111. The molecule has 6 heteroatoms. The molecule has 0 N–H and O–H groups in total. The van der Waals surface area contributed by atoms with Crippen LogP contribution in [0.1, 0.15) is 24.1 Å². The van der Waals surface area contributed by atoms with Gasteiger partial charge in [-0.25, -0.2) is 8.42 Å². The zero-order chi connectivity index (χ0) is 15.6. The van der Waals surface area contributed by atoms with Gasteiger partial charge in [0.15, 0.2) is 9.84 Å². The molecule has 1 aromatic heterocycles. The van der Waals surface area contributed by atoms with Crippen LogP contribution in [0.4, 0.5) is 0 Å². The molecule has 2 aliphatic rings. The summed E-state index contributed by atoms with van der Waals surface area (Å²) < 4.78 is 23.1. The second kappa shape index (κ2) is 6.64. The summed E-state index contributed by atoms with van der Waals surface area (Å²) in [6.45, 7) is 6.64. The zero-order valence-electron chi connectivity index (χ0n) is 13.2. The zero-order valence-corrected chi connectivity index (χ0v) is 14.1. The van der Waals surface area contributed by atoms with Gasteiger partial charge < -0.3 is 0 Å². The molecule has 0 atom stereocenters. The number of hydrogen-bond acceptors (Lipinski definition) is 5. The van der Waals surface area contributed by atoms with Crippen molar-refractivity contribution in [1.82, 2.24) is 14.8 Å². The highest BCUT2D eigenvalue weighted by Gasteiger charge is 2.29. The Labute approximate surface area is 133 Å². The second-order valence-corrected chi connectivity index (χ2v) is 8.75. The quantitative estimate of drug-likeness (QED) is 0.833. The van der Waals surface area contributed by atoms with E-state index in [-0.39, 0.29) is 0 Å². The summed E-state index contributed by atoms with van der Waals surface area (Å²) in [5, 5.41) is 0. The van der Waals surface area contributed by atoms with Gasteiger partial charge in [-0.1, -0.05) is 6.07 Å². The minimum Gasteiger partial charge on any atom is -0.299 e. The number of hydrogen-bond donors (Lipinski definition) is 0. The maximum Gasteiger partial charge on any atom is 0.152 e. The van der Waals surface area contributed by atoms with E-state index in [1.807, 2.05) is 12.3 Å². The topological polar surface area (TPSA) is 53.5 Å². The molecular weight excluding hydrogens is 298 g/mol. The van der Waals surface area contributed by atoms with E-state index in [1.54, 1.807) is 0 Å². The van der Waals surface area contributed by atoms with Crippen molar-refractivity contribution in [3.05, 3.63) is 29.6 Å². The Kier molecular flexibility index (Phi) is 4.80. The van der Waals surface area contributed by atoms with Crippen LogP contribution in [0.5, 0.6) is 0 Å². The van der Waals surface area contributed by atoms with Crippen LogP contribution in [0.15, 0.2) is 18.3 Å². The molecule has 3 rings (SSSR count). The summed E-state index contributed by atoms with van der Waals surface area (Å²) in [6.07, 6.45) is 4.12. The van der Waals surface area contributed by atoms with Crippen LogP contribution in [0.3, 0.4) is 0 Å². The van der Waals surface area contributed by atoms with E-state index in [2.05, 4.69) is 27.8 Å². The third-order valence-corrected chi connectivity index (χ3v) is 6.57. The lowest BCUT2D eigenvalue weighted by Gasteiger charge is -2.40. The first-order valence-electron chi connectivity index (χ1n) is 8.11. The Morgan fingerprint density at radius 3 is 2.50 bits per heavy atom. The highest BCUT2D eigenvalue weighted by molar-refractivity contribution is 7.91. The molecule has 0 amide bonds. The molecule has 0 aliphatic carbocycles. The monoisotopic (exact) mass is 323 g/mol. The molecular formula is C16H25N3O2S. The maximum atomic E-state index is 11.5. The largest absolute Gasteiger partial charge is 0.299 e. The van der Waals surface area contributed by atoms with Crippen molar-refractivity contribution in [2.45, 2.75) is 32.4 Å². The second-order valence-electron chi connectivity index (χ2n) is 6.44. The molecule has 3 heterocycles. The van der Waals surface area contributed by atoms with Gasteiger partial charge in [-0.2, -0.15) is 0 Å². The number of sulfone groups is 1. The maximum absolute atomic E-state index is 11.5. The summed E-state index contributed by atoms with van der Waals surface area (Å²) in [5.41, 5.74) is 2.43. The molecule has 0 saturated carbocycles. The van der Waals surface area contributed by atoms with Gasteiger partial charge in [0, 0.05) is 37.6 Å². The molecule has 0 aromatic carbocycles. The summed E-state index contributed by atoms with van der Waals surface area (Å²) in [7, 11) is -2.77. The Bertz CT molecular complexity index is 596. The number of pyridine rings is 1. The van der Waals surface area contributed by atoms with Gasteiger partial charge in [-0.3, -0.25) is 14.8 Å². The Morgan fingerprint density at radius 1 is 1.18 bits per heavy atom. The molecule has 5 nitrogen and oxygen atoms in total. The summed E-state index contributed by atoms with van der Waals surface area (Å²) in [5.74, 6) is 0.671. The predicted molar refractivity (Wildman–Crippen MR) is 87.5 cm³/mol. The van der Waals surface area contributed by atoms with Crippen LogP contribution in [-0.4, -0.2) is 66.9 Å². The Balaban J connectivity index is 1.50. The molecule has 122 valence electrons. The highest BCUT2D eigenvalue weighted by Crippen LogP contribution is 2.20. The van der Waals surface area contributed by atoms with E-state index in [9.17, 15) is 8.42 Å². The third kappa shape index (κ3) is 3.86. The Hall–Kier alpha value is -0.980. The van der Waals surface area contributed by atoms with Gasteiger partial charge in [-0.05, 0) is 44.5 Å². The number of rotatable bonds is 3. The SMILES string of the molecule is Cc1ncccc1CN1CCC(N2CCS(=O)(=O)CC2)CC1. The fourth-order valence-corrected chi connectivity index (χ4v) is 4.69. The first-order chi connectivity index (χ1) is 10.5. The third-order valence-electron chi connectivity index (χ3n) is 4.96. The summed E-state index contributed by atoms with van der Waals surface area (Å²) in [4.78, 5) is 9.22. The van der Waals surface area contributed by atoms with E-state index in [0.29, 0.717) is 30.6 Å². The van der Waals surface area contributed by atoms with Gasteiger partial charge in [0.1, 0.15) is 0 Å². The van der Waals surface area contributed by atoms with E-state index in [1.165, 1.54) is 5.56 Å². The van der Waals surface area contributed by atoms with Crippen molar-refractivity contribution in [2.24, 2.45) is 0 Å². The van der Waals surface area contributed by atoms with E-state index < -0.39 is 9.84 Å². The average Bonchev–Trinajstić information content (AvgIpc) is 2.51. The first kappa shape index (κ1) is 15.9. The fourth-order valence-electron chi connectivity index (χ4n) is 3.46. The van der Waals surface area contributed by atoms with Crippen LogP contribution in [0, 0.1) is 6.92 Å². The average molecular weight is 323 g/mol. The van der Waals surface area contributed by atoms with Crippen LogP contribution >= 0.6 is 0 Å². The molecule has 22 heavy (non-hydrogen) atoms. The van der Waals surface area contributed by atoms with Gasteiger partial charge in [0.05, 0.1) is 11.5 Å². The molecule has 0 unspecified atom stereocenters. The lowest BCUT2D eigenvalue weighted by atomic mass is 10.0. The van der Waals surface area contributed by atoms with Crippen molar-refractivity contribution < 1.29 is 8.42 Å². The van der Waals surface area contributed by atoms with Crippen LogP contribution in [-0.2, 0) is 16.4 Å². The number of nitrogens with zero attached hydrogens (tertiary/aromatic N) is 3. The van der Waals surface area contributed by atoms with Crippen molar-refractivity contribution in [2.75, 3.05) is 37.7 Å². The van der Waals surface area contributed by atoms with Crippen LogP contribution < -0.4 is 0 Å². The van der Waals surface area contributed by atoms with Crippen molar-refractivity contribution in [3.8, 4) is 0 Å². The molecule has 0 radical (unpaired) electrons. The predicted octanol–water partition coefficient (Wildman–Crippen LogP) is 1.08. The number of aryl methyl sites for hydroxylation is 1. The van der Waals surface area contributed by atoms with Crippen LogP contribution in [0.2, 0.25) is 0 Å². The number of aromatic nitrogens is 1. The smallest absolute Gasteiger partial charge is 0.152 e.